The highest BCUT2D eigenvalue weighted by Crippen LogP contribution is 2.30. The molecule has 3 aromatic rings. The lowest BCUT2D eigenvalue weighted by Crippen LogP contribution is -2.51. The van der Waals surface area contributed by atoms with E-state index in [0.717, 1.165) is 9.87 Å². The number of rotatable bonds is 11. The number of nitrogens with one attached hydrogen (secondary N) is 1. The zero-order valence-corrected chi connectivity index (χ0v) is 25.8. The molecule has 3 rings (SSSR count). The molecule has 40 heavy (non-hydrogen) atoms. The van der Waals surface area contributed by atoms with Crippen LogP contribution in [0.25, 0.3) is 0 Å². The van der Waals surface area contributed by atoms with Gasteiger partial charge in [-0.05, 0) is 61.7 Å². The number of hydrogen-bond acceptors (Lipinski definition) is 4. The van der Waals surface area contributed by atoms with E-state index in [1.54, 1.807) is 62.4 Å². The highest BCUT2D eigenvalue weighted by Gasteiger charge is 2.33. The van der Waals surface area contributed by atoms with E-state index >= 15 is 0 Å². The molecule has 3 aromatic carbocycles. The SMILES string of the molecule is Cc1ccc(N(CC(=O)N(Cc2c(Cl)cccc2Cl)C(C)C(=O)NCC(C)C)S(=O)(=O)c2ccccc2)cc1Cl. The molecule has 0 saturated carbocycles. The Balaban J connectivity index is 2.06. The molecule has 0 bridgehead atoms. The van der Waals surface area contributed by atoms with Crippen molar-refractivity contribution in [1.82, 2.24) is 10.2 Å². The number of hydrogen-bond donors (Lipinski definition) is 1. The first-order valence-corrected chi connectivity index (χ1v) is 15.2. The average Bonchev–Trinajstić information content (AvgIpc) is 2.91. The smallest absolute Gasteiger partial charge is 0.264 e. The number of carbonyl (C=O) groups is 2. The van der Waals surface area contributed by atoms with Gasteiger partial charge in [-0.1, -0.05) is 79.0 Å². The lowest BCUT2D eigenvalue weighted by atomic mass is 10.1. The minimum absolute atomic E-state index is 0.00270. The largest absolute Gasteiger partial charge is 0.354 e. The highest BCUT2D eigenvalue weighted by molar-refractivity contribution is 7.92. The molecule has 0 aliphatic heterocycles. The van der Waals surface area contributed by atoms with Crippen molar-refractivity contribution < 1.29 is 18.0 Å². The van der Waals surface area contributed by atoms with Gasteiger partial charge in [0.05, 0.1) is 10.6 Å². The standard InChI is InChI=1S/C29H32Cl3N3O4S/c1-19(2)16-33-29(37)21(4)34(17-24-25(30)11-8-12-26(24)31)28(36)18-35(22-14-13-20(3)27(32)15-22)40(38,39)23-9-6-5-7-10-23/h5-15,19,21H,16-18H2,1-4H3,(H,33,37). The first-order valence-electron chi connectivity index (χ1n) is 12.7. The Labute approximate surface area is 251 Å². The molecule has 11 heteroatoms. The third kappa shape index (κ3) is 7.69. The van der Waals surface area contributed by atoms with Gasteiger partial charge in [0.2, 0.25) is 11.8 Å². The van der Waals surface area contributed by atoms with Crippen LogP contribution in [0.1, 0.15) is 31.9 Å². The second-order valence-corrected chi connectivity index (χ2v) is 12.9. The van der Waals surface area contributed by atoms with Crippen molar-refractivity contribution in [2.75, 3.05) is 17.4 Å². The van der Waals surface area contributed by atoms with E-state index in [1.165, 1.54) is 23.1 Å². The van der Waals surface area contributed by atoms with Crippen LogP contribution in [0.2, 0.25) is 15.1 Å². The molecule has 0 saturated heterocycles. The number of benzene rings is 3. The van der Waals surface area contributed by atoms with Gasteiger partial charge >= 0.3 is 0 Å². The second kappa shape index (κ2) is 13.7. The van der Waals surface area contributed by atoms with Gasteiger partial charge in [0, 0.05) is 33.7 Å². The topological polar surface area (TPSA) is 86.8 Å². The van der Waals surface area contributed by atoms with Crippen LogP contribution in [0.3, 0.4) is 0 Å². The molecule has 2 amide bonds. The summed E-state index contributed by atoms with van der Waals surface area (Å²) in [5.41, 5.74) is 1.40. The minimum atomic E-state index is -4.19. The first-order chi connectivity index (χ1) is 18.8. The number of sulfonamides is 1. The van der Waals surface area contributed by atoms with E-state index in [9.17, 15) is 18.0 Å². The van der Waals surface area contributed by atoms with Crippen LogP contribution in [-0.4, -0.2) is 44.3 Å². The van der Waals surface area contributed by atoms with Crippen LogP contribution < -0.4 is 9.62 Å². The Morgan fingerprint density at radius 1 is 0.875 bits per heavy atom. The third-order valence-electron chi connectivity index (χ3n) is 6.30. The molecule has 0 fully saturated rings. The van der Waals surface area contributed by atoms with Crippen LogP contribution in [0, 0.1) is 12.8 Å². The van der Waals surface area contributed by atoms with E-state index in [2.05, 4.69) is 5.32 Å². The van der Waals surface area contributed by atoms with Gasteiger partial charge in [-0.3, -0.25) is 13.9 Å². The second-order valence-electron chi connectivity index (χ2n) is 9.80. The summed E-state index contributed by atoms with van der Waals surface area (Å²) >= 11 is 19.2. The van der Waals surface area contributed by atoms with E-state index in [0.29, 0.717) is 27.2 Å². The van der Waals surface area contributed by atoms with E-state index in [4.69, 9.17) is 34.8 Å². The van der Waals surface area contributed by atoms with Crippen LogP contribution in [0.15, 0.2) is 71.6 Å². The monoisotopic (exact) mass is 623 g/mol. The predicted octanol–water partition coefficient (Wildman–Crippen LogP) is 6.34. The number of anilines is 1. The van der Waals surface area contributed by atoms with Gasteiger partial charge in [-0.2, -0.15) is 0 Å². The fraction of sp³-hybridized carbons (Fsp3) is 0.310. The Hall–Kier alpha value is -2.78. The highest BCUT2D eigenvalue weighted by atomic mass is 35.5. The molecule has 0 heterocycles. The van der Waals surface area contributed by atoms with Gasteiger partial charge in [-0.15, -0.1) is 0 Å². The summed E-state index contributed by atoms with van der Waals surface area (Å²) in [6.07, 6.45) is 0. The van der Waals surface area contributed by atoms with Crippen molar-refractivity contribution in [1.29, 1.82) is 0 Å². The van der Waals surface area contributed by atoms with E-state index < -0.39 is 28.5 Å². The molecule has 0 aromatic heterocycles. The molecule has 0 radical (unpaired) electrons. The Morgan fingerprint density at radius 3 is 2.08 bits per heavy atom. The van der Waals surface area contributed by atoms with Gasteiger partial charge in [0.25, 0.3) is 10.0 Å². The minimum Gasteiger partial charge on any atom is -0.354 e. The fourth-order valence-corrected chi connectivity index (χ4v) is 5.99. The predicted molar refractivity (Wildman–Crippen MR) is 161 cm³/mol. The Kier molecular flexibility index (Phi) is 10.9. The summed E-state index contributed by atoms with van der Waals surface area (Å²) in [7, 11) is -4.19. The molecule has 7 nitrogen and oxygen atoms in total. The maximum atomic E-state index is 14.0. The quantitative estimate of drug-likeness (QED) is 0.270. The van der Waals surface area contributed by atoms with E-state index in [1.807, 2.05) is 13.8 Å². The van der Waals surface area contributed by atoms with Crippen LogP contribution in [0.5, 0.6) is 0 Å². The summed E-state index contributed by atoms with van der Waals surface area (Å²) in [4.78, 5) is 28.4. The zero-order valence-electron chi connectivity index (χ0n) is 22.7. The Bertz CT molecular complexity index is 1450. The summed E-state index contributed by atoms with van der Waals surface area (Å²) < 4.78 is 28.6. The summed E-state index contributed by atoms with van der Waals surface area (Å²) in [6.45, 7) is 6.99. The zero-order chi connectivity index (χ0) is 29.6. The van der Waals surface area contributed by atoms with Crippen LogP contribution in [0.4, 0.5) is 5.69 Å². The molecule has 1 atom stereocenters. The molecular weight excluding hydrogens is 593 g/mol. The maximum absolute atomic E-state index is 14.0. The normalized spacial score (nSPS) is 12.2. The van der Waals surface area contributed by atoms with Crippen molar-refractivity contribution >= 4 is 62.3 Å². The van der Waals surface area contributed by atoms with Crippen molar-refractivity contribution in [3.63, 3.8) is 0 Å². The van der Waals surface area contributed by atoms with Crippen molar-refractivity contribution in [3.05, 3.63) is 92.9 Å². The average molecular weight is 625 g/mol. The molecule has 0 aliphatic rings. The number of nitrogens with zero attached hydrogens (tertiary/aromatic N) is 2. The lowest BCUT2D eigenvalue weighted by Gasteiger charge is -2.32. The lowest BCUT2D eigenvalue weighted by molar-refractivity contribution is -0.139. The van der Waals surface area contributed by atoms with Crippen molar-refractivity contribution in [2.24, 2.45) is 5.92 Å². The Morgan fingerprint density at radius 2 is 1.50 bits per heavy atom. The molecule has 1 N–H and O–H groups in total. The molecule has 0 aliphatic carbocycles. The van der Waals surface area contributed by atoms with Gasteiger partial charge in [0.1, 0.15) is 12.6 Å². The van der Waals surface area contributed by atoms with Gasteiger partial charge in [-0.25, -0.2) is 8.42 Å². The number of carbonyl (C=O) groups excluding carboxylic acids is 2. The summed E-state index contributed by atoms with van der Waals surface area (Å²) in [5, 5.41) is 3.82. The fourth-order valence-electron chi connectivity index (χ4n) is 3.87. The number of halogens is 3. The van der Waals surface area contributed by atoms with Crippen LogP contribution >= 0.6 is 34.8 Å². The van der Waals surface area contributed by atoms with Crippen molar-refractivity contribution in [3.8, 4) is 0 Å². The summed E-state index contributed by atoms with van der Waals surface area (Å²) in [5.74, 6) is -0.823. The molecule has 0 spiro atoms. The first kappa shape index (κ1) is 31.7. The van der Waals surface area contributed by atoms with Crippen molar-refractivity contribution in [2.45, 2.75) is 45.2 Å². The maximum Gasteiger partial charge on any atom is 0.264 e. The molecule has 1 unspecified atom stereocenters. The van der Waals surface area contributed by atoms with E-state index in [-0.39, 0.29) is 29.0 Å². The van der Waals surface area contributed by atoms with Gasteiger partial charge < -0.3 is 10.2 Å². The molecule has 214 valence electrons. The third-order valence-corrected chi connectivity index (χ3v) is 9.20. The number of amides is 2. The number of aryl methyl sites for hydroxylation is 1. The van der Waals surface area contributed by atoms with Crippen LogP contribution in [-0.2, 0) is 26.2 Å². The summed E-state index contributed by atoms with van der Waals surface area (Å²) in [6, 6.07) is 16.5. The molecular formula is C29H32Cl3N3O4S. The van der Waals surface area contributed by atoms with Gasteiger partial charge in [0.15, 0.2) is 0 Å².